The number of nitrogens with zero attached hydrogens (tertiary/aromatic N) is 1. The fourth-order valence-electron chi connectivity index (χ4n) is 1.78. The van der Waals surface area contributed by atoms with Crippen molar-refractivity contribution in [1.82, 2.24) is 10.2 Å². The summed E-state index contributed by atoms with van der Waals surface area (Å²) in [6, 6.07) is 7.82. The van der Waals surface area contributed by atoms with Gasteiger partial charge in [0, 0.05) is 23.7 Å². The Labute approximate surface area is 127 Å². The summed E-state index contributed by atoms with van der Waals surface area (Å²) in [6.07, 6.45) is 0.938. The zero-order chi connectivity index (χ0) is 15.7. The number of nitrogens with two attached hydrogens (primary N) is 1. The SMILES string of the molecule is CC(C)N(C)CCCNC(=O)c1cccc(C#CCN)c1. The van der Waals surface area contributed by atoms with Crippen molar-refractivity contribution in [1.29, 1.82) is 0 Å². The molecule has 114 valence electrons. The molecule has 0 saturated carbocycles. The molecule has 0 atom stereocenters. The molecule has 1 amide bonds. The first kappa shape index (κ1) is 17.2. The molecule has 21 heavy (non-hydrogen) atoms. The van der Waals surface area contributed by atoms with Crippen molar-refractivity contribution < 1.29 is 4.79 Å². The molecule has 0 radical (unpaired) electrons. The molecule has 1 aromatic rings. The zero-order valence-electron chi connectivity index (χ0n) is 13.1. The van der Waals surface area contributed by atoms with E-state index in [1.54, 1.807) is 12.1 Å². The summed E-state index contributed by atoms with van der Waals surface area (Å²) < 4.78 is 0. The summed E-state index contributed by atoms with van der Waals surface area (Å²) in [5.74, 6) is 5.66. The van der Waals surface area contributed by atoms with Crippen molar-refractivity contribution in [3.05, 3.63) is 35.4 Å². The number of hydrogen-bond acceptors (Lipinski definition) is 3. The van der Waals surface area contributed by atoms with E-state index in [0.29, 0.717) is 24.7 Å². The highest BCUT2D eigenvalue weighted by Gasteiger charge is 2.06. The Balaban J connectivity index is 2.45. The molecule has 0 aliphatic heterocycles. The van der Waals surface area contributed by atoms with Crippen LogP contribution in [0.25, 0.3) is 0 Å². The highest BCUT2D eigenvalue weighted by atomic mass is 16.1. The van der Waals surface area contributed by atoms with Crippen LogP contribution in [0.1, 0.15) is 36.2 Å². The highest BCUT2D eigenvalue weighted by molar-refractivity contribution is 5.94. The molecule has 0 aromatic heterocycles. The summed E-state index contributed by atoms with van der Waals surface area (Å²) in [5, 5.41) is 2.94. The summed E-state index contributed by atoms with van der Waals surface area (Å²) >= 11 is 0. The van der Waals surface area contributed by atoms with E-state index in [-0.39, 0.29) is 5.91 Å². The van der Waals surface area contributed by atoms with Crippen molar-refractivity contribution in [2.75, 3.05) is 26.7 Å². The first-order chi connectivity index (χ1) is 10.0. The Morgan fingerprint density at radius 1 is 1.43 bits per heavy atom. The second-order valence-electron chi connectivity index (χ2n) is 5.27. The van der Waals surface area contributed by atoms with Crippen molar-refractivity contribution in [3.63, 3.8) is 0 Å². The molecule has 0 fully saturated rings. The third-order valence-electron chi connectivity index (χ3n) is 3.31. The Bertz CT molecular complexity index is 514. The van der Waals surface area contributed by atoms with Crippen LogP contribution in [-0.4, -0.2) is 43.5 Å². The molecule has 4 heteroatoms. The van der Waals surface area contributed by atoms with Gasteiger partial charge in [-0.1, -0.05) is 17.9 Å². The van der Waals surface area contributed by atoms with Crippen LogP contribution in [0, 0.1) is 11.8 Å². The Morgan fingerprint density at radius 2 is 2.19 bits per heavy atom. The van der Waals surface area contributed by atoms with Gasteiger partial charge in [-0.15, -0.1) is 0 Å². The van der Waals surface area contributed by atoms with E-state index in [9.17, 15) is 4.79 Å². The highest BCUT2D eigenvalue weighted by Crippen LogP contribution is 2.04. The van der Waals surface area contributed by atoms with Crippen LogP contribution in [-0.2, 0) is 0 Å². The lowest BCUT2D eigenvalue weighted by atomic mass is 10.1. The number of carbonyl (C=O) groups is 1. The van der Waals surface area contributed by atoms with Gasteiger partial charge in [0.05, 0.1) is 6.54 Å². The number of rotatable bonds is 6. The van der Waals surface area contributed by atoms with Crippen LogP contribution < -0.4 is 11.1 Å². The third-order valence-corrected chi connectivity index (χ3v) is 3.31. The summed E-state index contributed by atoms with van der Waals surface area (Å²) in [4.78, 5) is 14.3. The van der Waals surface area contributed by atoms with Crippen LogP contribution >= 0.6 is 0 Å². The molecule has 0 aliphatic rings. The number of carbonyl (C=O) groups excluding carboxylic acids is 1. The van der Waals surface area contributed by atoms with Crippen LogP contribution in [0.3, 0.4) is 0 Å². The maximum atomic E-state index is 12.1. The maximum absolute atomic E-state index is 12.1. The molecule has 1 aromatic carbocycles. The molecule has 0 saturated heterocycles. The van der Waals surface area contributed by atoms with Crippen LogP contribution in [0.15, 0.2) is 24.3 Å². The molecule has 0 unspecified atom stereocenters. The van der Waals surface area contributed by atoms with E-state index in [0.717, 1.165) is 18.5 Å². The Kier molecular flexibility index (Phi) is 7.52. The van der Waals surface area contributed by atoms with Gasteiger partial charge in [0.25, 0.3) is 5.91 Å². The molecular formula is C17H25N3O. The van der Waals surface area contributed by atoms with Gasteiger partial charge in [-0.05, 0) is 52.1 Å². The minimum atomic E-state index is -0.0569. The molecule has 3 N–H and O–H groups in total. The number of benzene rings is 1. The largest absolute Gasteiger partial charge is 0.352 e. The predicted octanol–water partition coefficient (Wildman–Crippen LogP) is 1.46. The number of hydrogen-bond donors (Lipinski definition) is 2. The third kappa shape index (κ3) is 6.44. The summed E-state index contributed by atoms with van der Waals surface area (Å²) in [6.45, 7) is 6.28. The average molecular weight is 287 g/mol. The van der Waals surface area contributed by atoms with Gasteiger partial charge in [-0.25, -0.2) is 0 Å². The second-order valence-corrected chi connectivity index (χ2v) is 5.27. The van der Waals surface area contributed by atoms with E-state index in [1.807, 2.05) is 12.1 Å². The van der Waals surface area contributed by atoms with Gasteiger partial charge in [0.1, 0.15) is 0 Å². The first-order valence-corrected chi connectivity index (χ1v) is 7.32. The van der Waals surface area contributed by atoms with E-state index < -0.39 is 0 Å². The predicted molar refractivity (Wildman–Crippen MR) is 87.1 cm³/mol. The molecule has 0 spiro atoms. The maximum Gasteiger partial charge on any atom is 0.251 e. The molecule has 0 bridgehead atoms. The van der Waals surface area contributed by atoms with Crippen LogP contribution in [0.2, 0.25) is 0 Å². The number of nitrogens with one attached hydrogen (secondary N) is 1. The van der Waals surface area contributed by atoms with Crippen molar-refractivity contribution in [2.24, 2.45) is 5.73 Å². The minimum absolute atomic E-state index is 0.0569. The fourth-order valence-corrected chi connectivity index (χ4v) is 1.78. The van der Waals surface area contributed by atoms with Gasteiger partial charge < -0.3 is 16.0 Å². The molecule has 1 rings (SSSR count). The van der Waals surface area contributed by atoms with E-state index >= 15 is 0 Å². The first-order valence-electron chi connectivity index (χ1n) is 7.32. The van der Waals surface area contributed by atoms with Gasteiger partial charge in [-0.2, -0.15) is 0 Å². The zero-order valence-corrected chi connectivity index (χ0v) is 13.1. The smallest absolute Gasteiger partial charge is 0.251 e. The lowest BCUT2D eigenvalue weighted by molar-refractivity contribution is 0.0951. The van der Waals surface area contributed by atoms with Gasteiger partial charge in [0.2, 0.25) is 0 Å². The van der Waals surface area contributed by atoms with E-state index in [4.69, 9.17) is 5.73 Å². The minimum Gasteiger partial charge on any atom is -0.352 e. The molecular weight excluding hydrogens is 262 g/mol. The summed E-state index contributed by atoms with van der Waals surface area (Å²) in [7, 11) is 2.09. The normalized spacial score (nSPS) is 10.4. The standard InChI is InChI=1S/C17H25N3O/c1-14(2)20(3)12-6-11-19-17(21)16-9-4-7-15(13-16)8-5-10-18/h4,7,9,13-14H,6,10-12,18H2,1-3H3,(H,19,21). The Morgan fingerprint density at radius 3 is 2.86 bits per heavy atom. The second kappa shape index (κ2) is 9.17. The van der Waals surface area contributed by atoms with E-state index in [1.165, 1.54) is 0 Å². The van der Waals surface area contributed by atoms with Crippen molar-refractivity contribution >= 4 is 5.91 Å². The monoisotopic (exact) mass is 287 g/mol. The van der Waals surface area contributed by atoms with Gasteiger partial charge in [0.15, 0.2) is 0 Å². The Hall–Kier alpha value is -1.83. The van der Waals surface area contributed by atoms with Crippen molar-refractivity contribution in [3.8, 4) is 11.8 Å². The lowest BCUT2D eigenvalue weighted by Gasteiger charge is -2.20. The fraction of sp³-hybridized carbons (Fsp3) is 0.471. The molecule has 4 nitrogen and oxygen atoms in total. The van der Waals surface area contributed by atoms with Crippen LogP contribution in [0.5, 0.6) is 0 Å². The summed E-state index contributed by atoms with van der Waals surface area (Å²) in [5.41, 5.74) is 6.79. The van der Waals surface area contributed by atoms with Crippen molar-refractivity contribution in [2.45, 2.75) is 26.3 Å². The van der Waals surface area contributed by atoms with Gasteiger partial charge in [-0.3, -0.25) is 4.79 Å². The van der Waals surface area contributed by atoms with E-state index in [2.05, 4.69) is 43.0 Å². The lowest BCUT2D eigenvalue weighted by Crippen LogP contribution is -2.31. The number of amides is 1. The molecule has 0 aliphatic carbocycles. The molecule has 0 heterocycles. The van der Waals surface area contributed by atoms with Crippen LogP contribution in [0.4, 0.5) is 0 Å². The average Bonchev–Trinajstić information content (AvgIpc) is 2.49. The van der Waals surface area contributed by atoms with Gasteiger partial charge >= 0.3 is 0 Å². The topological polar surface area (TPSA) is 58.4 Å². The quantitative estimate of drug-likeness (QED) is 0.615.